The number of alkyl halides is 1. The molecule has 4 aromatic rings. The van der Waals surface area contributed by atoms with Gasteiger partial charge in [0.1, 0.15) is 29.9 Å². The SMILES string of the molecule is Nc1nc2c(ncn2[C@@H]2O[C@@H]3COP(O)(=S)O[C@@H]4[C@H](N)[C@@H](COP(=O)(O)O[C@@H]2[C@@H]3F)O[C@H]4n2cnc3c(N)ccnc32)c(=O)[nH]1. The number of anilines is 2. The van der Waals surface area contributed by atoms with Gasteiger partial charge in [-0.1, -0.05) is 0 Å². The van der Waals surface area contributed by atoms with Crippen molar-refractivity contribution in [2.24, 2.45) is 5.73 Å². The number of nitrogen functional groups attached to an aromatic ring is 2. The number of phosphoric ester groups is 1. The van der Waals surface area contributed by atoms with Crippen LogP contribution in [0, 0.1) is 0 Å². The van der Waals surface area contributed by atoms with Crippen molar-refractivity contribution in [2.75, 3.05) is 24.7 Å². The summed E-state index contributed by atoms with van der Waals surface area (Å²) >= 11 is 5.24. The lowest BCUT2D eigenvalue weighted by molar-refractivity contribution is -0.0639. The number of rotatable bonds is 2. The van der Waals surface area contributed by atoms with Gasteiger partial charge in [-0.15, -0.1) is 0 Å². The van der Waals surface area contributed by atoms with Gasteiger partial charge >= 0.3 is 14.5 Å². The van der Waals surface area contributed by atoms with Gasteiger partial charge in [0.2, 0.25) is 5.95 Å². The maximum absolute atomic E-state index is 15.9. The van der Waals surface area contributed by atoms with Crippen molar-refractivity contribution in [2.45, 2.75) is 49.1 Å². The first-order valence-electron chi connectivity index (χ1n) is 13.1. The summed E-state index contributed by atoms with van der Waals surface area (Å²) in [5.74, 6) is -0.276. The molecule has 242 valence electrons. The Morgan fingerprint density at radius 2 is 1.64 bits per heavy atom. The molecule has 0 saturated carbocycles. The van der Waals surface area contributed by atoms with Crippen molar-refractivity contribution in [3.63, 3.8) is 0 Å². The molecular formula is C21H25FN10O10P2S. The number of hydrogen-bond donors (Lipinski definition) is 6. The molecule has 3 aliphatic heterocycles. The van der Waals surface area contributed by atoms with Crippen molar-refractivity contribution in [3.05, 3.63) is 35.3 Å². The van der Waals surface area contributed by atoms with Crippen LogP contribution in [0.15, 0.2) is 29.7 Å². The van der Waals surface area contributed by atoms with E-state index in [0.29, 0.717) is 11.2 Å². The molecular weight excluding hydrogens is 665 g/mol. The van der Waals surface area contributed by atoms with Crippen LogP contribution in [0.4, 0.5) is 16.0 Å². The molecule has 10 atom stereocenters. The van der Waals surface area contributed by atoms with E-state index in [1.807, 2.05) is 0 Å². The number of nitrogens with one attached hydrogen (secondary N) is 1. The molecule has 0 aromatic carbocycles. The van der Waals surface area contributed by atoms with Crippen LogP contribution in [0.2, 0.25) is 0 Å². The first-order valence-corrected chi connectivity index (χ1v) is 17.2. The fourth-order valence-corrected chi connectivity index (χ4v) is 7.74. The molecule has 24 heteroatoms. The average Bonchev–Trinajstić information content (AvgIpc) is 3.72. The molecule has 7 rings (SSSR count). The number of aromatic amines is 1. The lowest BCUT2D eigenvalue weighted by atomic mass is 10.1. The number of hydrogen-bond acceptors (Lipinski definition) is 16. The molecule has 45 heavy (non-hydrogen) atoms. The molecule has 7 heterocycles. The van der Waals surface area contributed by atoms with Crippen LogP contribution in [-0.2, 0) is 43.9 Å². The van der Waals surface area contributed by atoms with Crippen LogP contribution in [0.1, 0.15) is 12.5 Å². The van der Waals surface area contributed by atoms with Gasteiger partial charge in [-0.3, -0.25) is 32.5 Å². The maximum Gasteiger partial charge on any atom is 0.472 e. The molecule has 3 saturated heterocycles. The number of phosphoric acid groups is 1. The summed E-state index contributed by atoms with van der Waals surface area (Å²) in [7, 11) is -5.07. The normalized spacial score (nSPS) is 37.7. The van der Waals surface area contributed by atoms with E-state index in [4.69, 9.17) is 56.6 Å². The van der Waals surface area contributed by atoms with E-state index in [2.05, 4.69) is 24.9 Å². The van der Waals surface area contributed by atoms with Crippen molar-refractivity contribution >= 4 is 60.3 Å². The van der Waals surface area contributed by atoms with Gasteiger partial charge in [-0.25, -0.2) is 23.9 Å². The fourth-order valence-electron chi connectivity index (χ4n) is 5.38. The summed E-state index contributed by atoms with van der Waals surface area (Å²) < 4.78 is 65.2. The third kappa shape index (κ3) is 5.45. The largest absolute Gasteiger partial charge is 0.472 e. The summed E-state index contributed by atoms with van der Waals surface area (Å²) in [6.45, 7) is -5.55. The highest BCUT2D eigenvalue weighted by atomic mass is 32.5. The van der Waals surface area contributed by atoms with Crippen LogP contribution in [0.3, 0.4) is 0 Å². The minimum atomic E-state index is -5.07. The Morgan fingerprint density at radius 3 is 2.42 bits per heavy atom. The summed E-state index contributed by atoms with van der Waals surface area (Å²) in [4.78, 5) is 52.8. The number of nitrogens with two attached hydrogens (primary N) is 3. The maximum atomic E-state index is 15.9. The third-order valence-electron chi connectivity index (χ3n) is 7.47. The molecule has 0 radical (unpaired) electrons. The second-order valence-corrected chi connectivity index (χ2v) is 14.5. The van der Waals surface area contributed by atoms with Gasteiger partial charge in [0.15, 0.2) is 35.4 Å². The van der Waals surface area contributed by atoms with E-state index >= 15 is 4.39 Å². The van der Waals surface area contributed by atoms with Crippen molar-refractivity contribution in [3.8, 4) is 0 Å². The van der Waals surface area contributed by atoms with Gasteiger partial charge in [-0.2, -0.15) is 4.98 Å². The van der Waals surface area contributed by atoms with Crippen molar-refractivity contribution in [1.29, 1.82) is 0 Å². The lowest BCUT2D eigenvalue weighted by Gasteiger charge is -2.27. The number of imidazole rings is 2. The predicted molar refractivity (Wildman–Crippen MR) is 153 cm³/mol. The molecule has 0 spiro atoms. The van der Waals surface area contributed by atoms with E-state index in [9.17, 15) is 19.1 Å². The van der Waals surface area contributed by atoms with Crippen LogP contribution in [-0.4, -0.2) is 93.7 Å². The molecule has 0 aliphatic carbocycles. The standard InChI is InChI=1S/C21H25FN10O10P2S/c22-10-8-3-38-44(36,45)42-15-11(24)9(40-20(15)31-5-27-12-7(23)1-2-26-16(12)31)4-37-43(34,35)41-14(10)19(39-8)32-6-28-13-17(32)29-21(25)30-18(13)33/h1-2,5-6,8-11,14-15,19-20H,3-4,24H2,(H2,23,26)(H,34,35)(H,36,45)(H3,25,29,30,33)/t8-,9-,10-,11-,14-,15-,19-,20-,44?/m1/s1. The quantitative estimate of drug-likeness (QED) is 0.142. The van der Waals surface area contributed by atoms with Gasteiger partial charge in [0.05, 0.1) is 37.6 Å². The minimum Gasteiger partial charge on any atom is -0.397 e. The third-order valence-corrected chi connectivity index (χ3v) is 10.0. The van der Waals surface area contributed by atoms with E-state index < -0.39 is 82.4 Å². The summed E-state index contributed by atoms with van der Waals surface area (Å²) in [5.41, 5.74) is 18.0. The lowest BCUT2D eigenvalue weighted by Crippen LogP contribution is -2.43. The molecule has 9 N–H and O–H groups in total. The highest BCUT2D eigenvalue weighted by Gasteiger charge is 2.53. The molecule has 4 bridgehead atoms. The summed E-state index contributed by atoms with van der Waals surface area (Å²) in [5, 5.41) is 0. The second-order valence-electron chi connectivity index (χ2n) is 10.3. The zero-order valence-corrected chi connectivity index (χ0v) is 25.2. The van der Waals surface area contributed by atoms with Crippen LogP contribution in [0.5, 0.6) is 0 Å². The van der Waals surface area contributed by atoms with Gasteiger partial charge in [0, 0.05) is 6.20 Å². The Hall–Kier alpha value is -2.98. The smallest absolute Gasteiger partial charge is 0.397 e. The number of aromatic nitrogens is 7. The van der Waals surface area contributed by atoms with Gasteiger partial charge in [0.25, 0.3) is 5.56 Å². The van der Waals surface area contributed by atoms with E-state index in [-0.39, 0.29) is 22.8 Å². The van der Waals surface area contributed by atoms with Crippen LogP contribution >= 0.6 is 14.5 Å². The Kier molecular flexibility index (Phi) is 7.55. The first-order chi connectivity index (χ1) is 21.3. The minimum absolute atomic E-state index is 0.128. The number of halogens is 1. The van der Waals surface area contributed by atoms with Crippen molar-refractivity contribution in [1.82, 2.24) is 34.1 Å². The monoisotopic (exact) mass is 690 g/mol. The Labute approximate surface area is 255 Å². The predicted octanol–water partition coefficient (Wildman–Crippen LogP) is -0.676. The molecule has 3 fully saturated rings. The Morgan fingerprint density at radius 1 is 0.978 bits per heavy atom. The number of ether oxygens (including phenoxy) is 2. The van der Waals surface area contributed by atoms with E-state index in [0.717, 1.165) is 10.9 Å². The zero-order valence-electron chi connectivity index (χ0n) is 22.6. The van der Waals surface area contributed by atoms with Crippen molar-refractivity contribution < 1.29 is 46.3 Å². The Bertz CT molecular complexity index is 1940. The number of nitrogens with zero attached hydrogens (tertiary/aromatic N) is 6. The number of fused-ring (bicyclic) bond motifs is 6. The average molecular weight is 691 g/mol. The summed E-state index contributed by atoms with van der Waals surface area (Å²) in [6, 6.07) is 0.433. The van der Waals surface area contributed by atoms with Crippen LogP contribution in [0.25, 0.3) is 22.3 Å². The molecule has 4 aromatic heterocycles. The Balaban J connectivity index is 1.23. The van der Waals surface area contributed by atoms with Crippen LogP contribution < -0.4 is 22.8 Å². The van der Waals surface area contributed by atoms with Gasteiger partial charge in [-0.05, 0) is 17.9 Å². The molecule has 3 aliphatic rings. The van der Waals surface area contributed by atoms with E-state index in [1.54, 1.807) is 6.07 Å². The first kappa shape index (κ1) is 30.7. The molecule has 0 amide bonds. The van der Waals surface area contributed by atoms with Gasteiger partial charge < -0.3 is 41.0 Å². The highest BCUT2D eigenvalue weighted by molar-refractivity contribution is 8.07. The molecule has 20 nitrogen and oxygen atoms in total. The number of H-pyrrole nitrogens is 1. The zero-order chi connectivity index (χ0) is 31.8. The second kappa shape index (κ2) is 11.1. The number of pyridine rings is 1. The highest BCUT2D eigenvalue weighted by Crippen LogP contribution is 2.54. The molecule has 2 unspecified atom stereocenters. The fraction of sp³-hybridized carbons (Fsp3) is 0.476. The van der Waals surface area contributed by atoms with E-state index in [1.165, 1.54) is 17.1 Å². The topological polar surface area (TPSA) is 285 Å². The summed E-state index contributed by atoms with van der Waals surface area (Å²) in [6.07, 6.45) is -6.72.